The molecule has 0 aliphatic heterocycles. The molecular formula is C22H21O3SU+. The molecule has 1 N–H and O–H groups in total. The number of methoxy groups -OCH3 is 1. The van der Waals surface area contributed by atoms with Crippen molar-refractivity contribution in [3.05, 3.63) is 97.4 Å². The fraction of sp³-hybridized carbons (Fsp3) is 0.0909. The van der Waals surface area contributed by atoms with Crippen molar-refractivity contribution in [2.75, 3.05) is 13.7 Å². The predicted octanol–water partition coefficient (Wildman–Crippen LogP) is 4.75. The maximum absolute atomic E-state index is 11.6. The molecule has 3 aromatic rings. The van der Waals surface area contributed by atoms with Crippen molar-refractivity contribution in [1.82, 2.24) is 0 Å². The Labute approximate surface area is 187 Å². The summed E-state index contributed by atoms with van der Waals surface area (Å²) < 4.78 is 4.43. The van der Waals surface area contributed by atoms with Gasteiger partial charge in [-0.1, -0.05) is 36.9 Å². The number of rotatable bonds is 5. The summed E-state index contributed by atoms with van der Waals surface area (Å²) in [5, 5.41) is 9.51. The van der Waals surface area contributed by atoms with Gasteiger partial charge >= 0.3 is 37.1 Å². The number of ether oxygens (including phenoxy) is 1. The van der Waals surface area contributed by atoms with Crippen molar-refractivity contribution in [3.8, 4) is 0 Å². The van der Waals surface area contributed by atoms with Gasteiger partial charge < -0.3 is 16.8 Å². The summed E-state index contributed by atoms with van der Waals surface area (Å²) in [4.78, 5) is 14.6. The normalized spacial score (nSPS) is 10.7. The number of hydrogen-bond donors (Lipinski definition) is 1. The number of carboxylic acids is 1. The van der Waals surface area contributed by atoms with E-state index < -0.39 is 16.9 Å². The van der Waals surface area contributed by atoms with E-state index in [1.54, 1.807) is 19.2 Å². The summed E-state index contributed by atoms with van der Waals surface area (Å²) in [6.07, 6.45) is 0. The van der Waals surface area contributed by atoms with Crippen LogP contribution in [0.1, 0.15) is 10.4 Å². The van der Waals surface area contributed by atoms with Crippen molar-refractivity contribution < 1.29 is 45.8 Å². The van der Waals surface area contributed by atoms with E-state index in [0.717, 1.165) is 14.7 Å². The quantitative estimate of drug-likeness (QED) is 0.339. The Hall–Kier alpha value is -1.51. The molecule has 0 bridgehead atoms. The summed E-state index contributed by atoms with van der Waals surface area (Å²) in [5.74, 6) is -0.897. The second kappa shape index (κ2) is 12.8. The molecule has 27 heavy (non-hydrogen) atoms. The monoisotopic (exact) mass is 603 g/mol. The fourth-order valence-electron chi connectivity index (χ4n) is 2.28. The smallest absolute Gasteiger partial charge is 0.478 e. The minimum absolute atomic E-state index is 0. The van der Waals surface area contributed by atoms with Gasteiger partial charge in [-0.15, -0.1) is 12.1 Å². The Kier molecular flexibility index (Phi) is 11.2. The van der Waals surface area contributed by atoms with Gasteiger partial charge in [-0.2, -0.15) is 18.2 Å². The molecule has 0 saturated carbocycles. The van der Waals surface area contributed by atoms with Crippen LogP contribution in [-0.2, 0) is 15.6 Å². The van der Waals surface area contributed by atoms with Crippen molar-refractivity contribution in [2.45, 2.75) is 14.7 Å². The summed E-state index contributed by atoms with van der Waals surface area (Å²) in [7, 11) is 1.17. The Morgan fingerprint density at radius 2 is 1.52 bits per heavy atom. The van der Waals surface area contributed by atoms with Gasteiger partial charge in [0.1, 0.15) is 5.56 Å². The molecule has 0 fully saturated rings. The zero-order chi connectivity index (χ0) is 18.8. The molecule has 0 spiro atoms. The second-order valence-corrected chi connectivity index (χ2v) is 7.14. The molecular weight excluding hydrogens is 582 g/mol. The topological polar surface area (TPSA) is 46.5 Å². The third-order valence-electron chi connectivity index (χ3n) is 3.44. The molecule has 5 heteroatoms. The molecule has 0 amide bonds. The molecule has 1 atom stereocenters. The van der Waals surface area contributed by atoms with Crippen LogP contribution in [0.15, 0.2) is 93.5 Å². The van der Waals surface area contributed by atoms with E-state index in [0.29, 0.717) is 12.2 Å². The van der Waals surface area contributed by atoms with Crippen LogP contribution in [-0.4, -0.2) is 24.8 Å². The van der Waals surface area contributed by atoms with Gasteiger partial charge in [0.15, 0.2) is 9.79 Å². The van der Waals surface area contributed by atoms with E-state index in [9.17, 15) is 9.90 Å². The van der Waals surface area contributed by atoms with Crippen molar-refractivity contribution in [2.24, 2.45) is 0 Å². The van der Waals surface area contributed by atoms with Gasteiger partial charge in [-0.3, -0.25) is 0 Å². The van der Waals surface area contributed by atoms with Crippen LogP contribution in [0, 0.1) is 44.1 Å². The third kappa shape index (κ3) is 6.86. The van der Waals surface area contributed by atoms with E-state index in [2.05, 4.69) is 17.7 Å². The van der Waals surface area contributed by atoms with Gasteiger partial charge in [0, 0.05) is 7.11 Å². The summed E-state index contributed by atoms with van der Waals surface area (Å²) in [6.45, 7) is 3.95. The molecule has 3 aromatic carbocycles. The average Bonchev–Trinajstić information content (AvgIpc) is 2.70. The average molecular weight is 604 g/mol. The minimum Gasteiger partial charge on any atom is -0.478 e. The van der Waals surface area contributed by atoms with E-state index in [1.165, 1.54) is 0 Å². The molecule has 136 valence electrons. The Balaban J connectivity index is 0.000000666. The zero-order valence-corrected chi connectivity index (χ0v) is 20.1. The van der Waals surface area contributed by atoms with Gasteiger partial charge in [0.25, 0.3) is 0 Å². The molecule has 0 aliphatic rings. The van der Waals surface area contributed by atoms with Gasteiger partial charge in [-0.25, -0.2) is 4.79 Å². The molecule has 3 nitrogen and oxygen atoms in total. The van der Waals surface area contributed by atoms with E-state index >= 15 is 0 Å². The van der Waals surface area contributed by atoms with Crippen molar-refractivity contribution in [3.63, 3.8) is 0 Å². The minimum atomic E-state index is -0.897. The summed E-state index contributed by atoms with van der Waals surface area (Å²) in [6, 6.07) is 27.9. The standard InChI is InChI=1S/C19H14O2S.C3H7O.U/c20-19(21)17-13-7-8-14-18(17)22(15-9-3-1-4-10-15)16-11-5-2-6-12-16;1-3-4-2;/h1,3-14H,(H,20,21);1,3H2,2H3;/q;-1;+2. The van der Waals surface area contributed by atoms with Crippen LogP contribution in [0.4, 0.5) is 0 Å². The number of carboxylic acid groups (broad SMARTS) is 1. The first kappa shape index (κ1) is 23.5. The first-order chi connectivity index (χ1) is 12.7. The molecule has 3 rings (SSSR count). The predicted molar refractivity (Wildman–Crippen MR) is 105 cm³/mol. The third-order valence-corrected chi connectivity index (χ3v) is 5.73. The maximum Gasteiger partial charge on any atom is 2.00 e. The number of aromatic carboxylic acids is 1. The van der Waals surface area contributed by atoms with Crippen molar-refractivity contribution >= 4 is 16.9 Å². The first-order valence-corrected chi connectivity index (χ1v) is 9.27. The second-order valence-electron chi connectivity index (χ2n) is 5.15. The van der Waals surface area contributed by atoms with Crippen LogP contribution in [0.25, 0.3) is 0 Å². The largest absolute Gasteiger partial charge is 2.00 e. The molecule has 0 saturated heterocycles. The van der Waals surface area contributed by atoms with Gasteiger partial charge in [-0.05, 0) is 24.3 Å². The van der Waals surface area contributed by atoms with Crippen LogP contribution >= 0.6 is 0 Å². The Bertz CT molecular complexity index is 769. The number of carbonyl (C=O) groups is 1. The fourth-order valence-corrected chi connectivity index (χ4v) is 4.48. The number of hydrogen-bond acceptors (Lipinski definition) is 2. The molecule has 0 aliphatic carbocycles. The van der Waals surface area contributed by atoms with Crippen LogP contribution < -0.4 is 0 Å². The SMILES string of the molecule is O=C(O)c1ccccc1[S+](c1cc[c-]cc1)c1ccccc1.[CH2-]COC.[U+2]. The molecule has 0 aromatic heterocycles. The van der Waals surface area contributed by atoms with Gasteiger partial charge in [0.05, 0.1) is 15.8 Å². The number of benzene rings is 3. The molecule has 0 heterocycles. The summed E-state index contributed by atoms with van der Waals surface area (Å²) in [5.41, 5.74) is 0.350. The summed E-state index contributed by atoms with van der Waals surface area (Å²) >= 11 is 0. The maximum atomic E-state index is 11.6. The van der Waals surface area contributed by atoms with Crippen LogP contribution in [0.3, 0.4) is 0 Å². The van der Waals surface area contributed by atoms with Crippen LogP contribution in [0.5, 0.6) is 0 Å². The Morgan fingerprint density at radius 1 is 1.00 bits per heavy atom. The van der Waals surface area contributed by atoms with E-state index in [1.807, 2.05) is 66.7 Å². The van der Waals surface area contributed by atoms with E-state index in [4.69, 9.17) is 0 Å². The molecule has 0 radical (unpaired) electrons. The van der Waals surface area contributed by atoms with E-state index in [-0.39, 0.29) is 31.1 Å². The first-order valence-electron chi connectivity index (χ1n) is 8.05. The van der Waals surface area contributed by atoms with Crippen LogP contribution in [0.2, 0.25) is 0 Å². The van der Waals surface area contributed by atoms with Gasteiger partial charge in [0.2, 0.25) is 0 Å². The van der Waals surface area contributed by atoms with Crippen molar-refractivity contribution in [1.29, 1.82) is 0 Å². The Morgan fingerprint density at radius 3 is 2.07 bits per heavy atom. The molecule has 1 unspecified atom stereocenters. The zero-order valence-electron chi connectivity index (χ0n) is 15.1.